The number of aliphatic carboxylic acids is 1. The molecule has 1 aromatic carbocycles. The quantitative estimate of drug-likeness (QED) is 0.914. The van der Waals surface area contributed by atoms with Crippen molar-refractivity contribution in [1.29, 1.82) is 0 Å². The maximum atomic E-state index is 12.2. The Balaban J connectivity index is 1.56. The number of carbonyl (C=O) groups excluding carboxylic acids is 1. The zero-order valence-corrected chi connectivity index (χ0v) is 12.9. The highest BCUT2D eigenvalue weighted by molar-refractivity contribution is 7.17. The van der Waals surface area contributed by atoms with E-state index in [2.05, 4.69) is 22.8 Å². The van der Waals surface area contributed by atoms with Crippen LogP contribution in [0.1, 0.15) is 18.4 Å². The molecule has 0 aliphatic carbocycles. The van der Waals surface area contributed by atoms with Gasteiger partial charge in [0.25, 0.3) is 0 Å². The summed E-state index contributed by atoms with van der Waals surface area (Å²) >= 11 is 1.67. The lowest BCUT2D eigenvalue weighted by molar-refractivity contribution is -0.143. The molecule has 2 N–H and O–H groups in total. The van der Waals surface area contributed by atoms with Gasteiger partial charge in [-0.25, -0.2) is 4.79 Å². The zero-order valence-electron chi connectivity index (χ0n) is 12.1. The Hall–Kier alpha value is -2.08. The first-order valence-corrected chi connectivity index (χ1v) is 8.24. The minimum absolute atomic E-state index is 0.112. The average molecular weight is 318 g/mol. The number of hydrogen-bond donors (Lipinski definition) is 2. The fourth-order valence-electron chi connectivity index (χ4n) is 2.78. The van der Waals surface area contributed by atoms with Gasteiger partial charge in [0.05, 0.1) is 5.92 Å². The summed E-state index contributed by atoms with van der Waals surface area (Å²) in [6.07, 6.45) is 1.06. The molecule has 22 heavy (non-hydrogen) atoms. The number of rotatable bonds is 3. The van der Waals surface area contributed by atoms with E-state index in [4.69, 9.17) is 5.11 Å². The third kappa shape index (κ3) is 3.06. The van der Waals surface area contributed by atoms with Crippen molar-refractivity contribution in [3.05, 3.63) is 35.2 Å². The average Bonchev–Trinajstić information content (AvgIpc) is 2.96. The van der Waals surface area contributed by atoms with Gasteiger partial charge in [0.15, 0.2) is 0 Å². The van der Waals surface area contributed by atoms with Crippen LogP contribution >= 0.6 is 11.3 Å². The summed E-state index contributed by atoms with van der Waals surface area (Å²) in [5, 5.41) is 15.2. The molecule has 0 saturated carbocycles. The monoisotopic (exact) mass is 318 g/mol. The molecule has 2 aromatic rings. The molecular formula is C16H18N2O3S. The van der Waals surface area contributed by atoms with Gasteiger partial charge in [-0.05, 0) is 35.2 Å². The van der Waals surface area contributed by atoms with Gasteiger partial charge in [0.1, 0.15) is 0 Å². The molecule has 2 amide bonds. The van der Waals surface area contributed by atoms with E-state index in [0.29, 0.717) is 32.5 Å². The first-order chi connectivity index (χ1) is 10.6. The molecule has 0 radical (unpaired) electrons. The molecule has 5 nitrogen and oxygen atoms in total. The van der Waals surface area contributed by atoms with E-state index in [0.717, 1.165) is 5.56 Å². The van der Waals surface area contributed by atoms with Crippen LogP contribution in [0.15, 0.2) is 29.6 Å². The third-order valence-electron chi connectivity index (χ3n) is 4.12. The number of carboxylic acids is 1. The van der Waals surface area contributed by atoms with Gasteiger partial charge < -0.3 is 15.3 Å². The maximum Gasteiger partial charge on any atom is 0.317 e. The molecule has 0 spiro atoms. The highest BCUT2D eigenvalue weighted by atomic mass is 32.1. The number of urea groups is 1. The van der Waals surface area contributed by atoms with Gasteiger partial charge in [-0.1, -0.05) is 18.2 Å². The molecule has 6 heteroatoms. The van der Waals surface area contributed by atoms with Crippen LogP contribution in [0.4, 0.5) is 4.79 Å². The fraction of sp³-hybridized carbons (Fsp3) is 0.375. The van der Waals surface area contributed by atoms with Gasteiger partial charge in [-0.15, -0.1) is 11.3 Å². The Morgan fingerprint density at radius 3 is 2.73 bits per heavy atom. The van der Waals surface area contributed by atoms with Crippen molar-refractivity contribution in [2.24, 2.45) is 5.92 Å². The lowest BCUT2D eigenvalue weighted by atomic mass is 9.97. The van der Waals surface area contributed by atoms with E-state index in [1.807, 2.05) is 12.1 Å². The second kappa shape index (κ2) is 6.36. The Bertz CT molecular complexity index is 690. The van der Waals surface area contributed by atoms with E-state index in [-0.39, 0.29) is 11.9 Å². The van der Waals surface area contributed by atoms with Gasteiger partial charge in [-0.3, -0.25) is 4.79 Å². The zero-order chi connectivity index (χ0) is 15.5. The predicted molar refractivity (Wildman–Crippen MR) is 86.0 cm³/mol. The number of amides is 2. The molecule has 1 aliphatic heterocycles. The van der Waals surface area contributed by atoms with Crippen LogP contribution in [-0.2, 0) is 11.3 Å². The fourth-order valence-corrected chi connectivity index (χ4v) is 3.74. The standard InChI is InChI=1S/C16H18N2O3S/c19-15(20)11-5-7-18(8-6-11)16(21)17-9-12-10-22-14-4-2-1-3-13(12)14/h1-4,10-11H,5-9H2,(H,17,21)(H,19,20). The number of benzene rings is 1. The predicted octanol–water partition coefficient (Wildman–Crippen LogP) is 2.91. The summed E-state index contributed by atoms with van der Waals surface area (Å²) in [4.78, 5) is 24.8. The summed E-state index contributed by atoms with van der Waals surface area (Å²) in [6, 6.07) is 8.03. The summed E-state index contributed by atoms with van der Waals surface area (Å²) in [5.74, 6) is -1.07. The number of nitrogens with zero attached hydrogens (tertiary/aromatic N) is 1. The first-order valence-electron chi connectivity index (χ1n) is 7.36. The minimum Gasteiger partial charge on any atom is -0.481 e. The molecule has 2 heterocycles. The van der Waals surface area contributed by atoms with Crippen LogP contribution in [0.5, 0.6) is 0 Å². The number of nitrogens with one attached hydrogen (secondary N) is 1. The van der Waals surface area contributed by atoms with Crippen molar-refractivity contribution in [2.45, 2.75) is 19.4 Å². The van der Waals surface area contributed by atoms with E-state index in [1.165, 1.54) is 10.1 Å². The van der Waals surface area contributed by atoms with Gasteiger partial charge >= 0.3 is 12.0 Å². The molecule has 1 saturated heterocycles. The van der Waals surface area contributed by atoms with E-state index in [1.54, 1.807) is 16.2 Å². The SMILES string of the molecule is O=C(O)C1CCN(C(=O)NCc2csc3ccccc23)CC1. The number of piperidine rings is 1. The maximum absolute atomic E-state index is 12.2. The van der Waals surface area contributed by atoms with Crippen molar-refractivity contribution in [1.82, 2.24) is 10.2 Å². The van der Waals surface area contributed by atoms with E-state index >= 15 is 0 Å². The lowest BCUT2D eigenvalue weighted by Gasteiger charge is -2.30. The number of thiophene rings is 1. The third-order valence-corrected chi connectivity index (χ3v) is 5.13. The molecule has 0 bridgehead atoms. The largest absolute Gasteiger partial charge is 0.481 e. The summed E-state index contributed by atoms with van der Waals surface area (Å²) in [7, 11) is 0. The van der Waals surface area contributed by atoms with Gasteiger partial charge in [-0.2, -0.15) is 0 Å². The lowest BCUT2D eigenvalue weighted by Crippen LogP contribution is -2.45. The Labute approximate surface area is 132 Å². The van der Waals surface area contributed by atoms with Crippen molar-refractivity contribution in [3.63, 3.8) is 0 Å². The summed E-state index contributed by atoms with van der Waals surface area (Å²) < 4.78 is 1.22. The Morgan fingerprint density at radius 1 is 1.27 bits per heavy atom. The molecule has 0 atom stereocenters. The minimum atomic E-state index is -0.759. The number of hydrogen-bond acceptors (Lipinski definition) is 3. The van der Waals surface area contributed by atoms with Crippen LogP contribution in [0.3, 0.4) is 0 Å². The second-order valence-electron chi connectivity index (χ2n) is 5.52. The molecule has 1 fully saturated rings. The number of likely N-dealkylation sites (tertiary alicyclic amines) is 1. The van der Waals surface area contributed by atoms with Crippen LogP contribution < -0.4 is 5.32 Å². The van der Waals surface area contributed by atoms with Gasteiger partial charge in [0.2, 0.25) is 0 Å². The highest BCUT2D eigenvalue weighted by Crippen LogP contribution is 2.25. The smallest absolute Gasteiger partial charge is 0.317 e. The molecule has 1 aliphatic rings. The van der Waals surface area contributed by atoms with Crippen LogP contribution in [0, 0.1) is 5.92 Å². The topological polar surface area (TPSA) is 69.6 Å². The molecule has 1 aromatic heterocycles. The number of carboxylic acid groups (broad SMARTS) is 1. The van der Waals surface area contributed by atoms with Gasteiger partial charge in [0, 0.05) is 24.3 Å². The molecular weight excluding hydrogens is 300 g/mol. The van der Waals surface area contributed by atoms with Crippen LogP contribution in [0.2, 0.25) is 0 Å². The second-order valence-corrected chi connectivity index (χ2v) is 6.43. The molecule has 0 unspecified atom stereocenters. The Kier molecular flexibility index (Phi) is 4.29. The van der Waals surface area contributed by atoms with E-state index in [9.17, 15) is 9.59 Å². The molecule has 116 valence electrons. The first kappa shape index (κ1) is 14.8. The van der Waals surface area contributed by atoms with E-state index < -0.39 is 5.97 Å². The number of fused-ring (bicyclic) bond motifs is 1. The summed E-state index contributed by atoms with van der Waals surface area (Å²) in [6.45, 7) is 1.52. The van der Waals surface area contributed by atoms with Crippen molar-refractivity contribution < 1.29 is 14.7 Å². The van der Waals surface area contributed by atoms with Crippen molar-refractivity contribution >= 4 is 33.4 Å². The highest BCUT2D eigenvalue weighted by Gasteiger charge is 2.26. The van der Waals surface area contributed by atoms with Crippen molar-refractivity contribution in [3.8, 4) is 0 Å². The van der Waals surface area contributed by atoms with Crippen LogP contribution in [0.25, 0.3) is 10.1 Å². The van der Waals surface area contributed by atoms with Crippen LogP contribution in [-0.4, -0.2) is 35.1 Å². The molecule has 3 rings (SSSR count). The van der Waals surface area contributed by atoms with Crippen molar-refractivity contribution in [2.75, 3.05) is 13.1 Å². The normalized spacial score (nSPS) is 15.9. The Morgan fingerprint density at radius 2 is 2.00 bits per heavy atom. The number of carbonyl (C=O) groups is 2. The summed E-state index contributed by atoms with van der Waals surface area (Å²) in [5.41, 5.74) is 1.12.